The van der Waals surface area contributed by atoms with Crippen LogP contribution in [0.25, 0.3) is 10.8 Å². The number of hydrogen-bond donors (Lipinski definition) is 1. The Bertz CT molecular complexity index is 1030. The van der Waals surface area contributed by atoms with Crippen molar-refractivity contribution in [1.29, 1.82) is 0 Å². The number of nitrogens with one attached hydrogen (secondary N) is 1. The van der Waals surface area contributed by atoms with Gasteiger partial charge in [0.15, 0.2) is 11.6 Å². The summed E-state index contributed by atoms with van der Waals surface area (Å²) in [5, 5.41) is 4.41. The highest BCUT2D eigenvalue weighted by molar-refractivity contribution is 6.23. The summed E-state index contributed by atoms with van der Waals surface area (Å²) in [5.74, 6) is -1.16. The van der Waals surface area contributed by atoms with E-state index in [1.54, 1.807) is 19.1 Å². The highest BCUT2D eigenvalue weighted by Gasteiger charge is 2.46. The van der Waals surface area contributed by atoms with E-state index < -0.39 is 11.5 Å². The fourth-order valence-corrected chi connectivity index (χ4v) is 4.11. The molecule has 0 heterocycles. The number of hydrogen-bond acceptors (Lipinski definition) is 5. The fourth-order valence-electron chi connectivity index (χ4n) is 4.11. The van der Waals surface area contributed by atoms with Crippen molar-refractivity contribution in [3.8, 4) is 0 Å². The van der Waals surface area contributed by atoms with Gasteiger partial charge in [0, 0.05) is 30.9 Å². The Hall–Kier alpha value is -3.28. The second-order valence-corrected chi connectivity index (χ2v) is 7.27. The third-order valence-corrected chi connectivity index (χ3v) is 5.28. The molecule has 0 spiro atoms. The highest BCUT2D eigenvalue weighted by atomic mass is 16.5. The van der Waals surface area contributed by atoms with Gasteiger partial charge < -0.3 is 10.1 Å². The van der Waals surface area contributed by atoms with Crippen LogP contribution in [0.15, 0.2) is 36.4 Å². The van der Waals surface area contributed by atoms with Gasteiger partial charge in [-0.1, -0.05) is 12.1 Å². The van der Waals surface area contributed by atoms with Crippen molar-refractivity contribution in [2.45, 2.75) is 32.2 Å². The average molecular weight is 377 g/mol. The molecule has 0 saturated carbocycles. The highest BCUT2D eigenvalue weighted by Crippen LogP contribution is 2.35. The number of fused-ring (bicyclic) bond motifs is 3. The zero-order valence-corrected chi connectivity index (χ0v) is 15.6. The molecule has 142 valence electrons. The van der Waals surface area contributed by atoms with E-state index in [-0.39, 0.29) is 24.1 Å². The van der Waals surface area contributed by atoms with E-state index in [2.05, 4.69) is 5.32 Å². The first kappa shape index (κ1) is 18.1. The zero-order chi connectivity index (χ0) is 20.1. The Kier molecular flexibility index (Phi) is 4.14. The minimum Gasteiger partial charge on any atom is -0.464 e. The van der Waals surface area contributed by atoms with Crippen molar-refractivity contribution >= 4 is 34.2 Å². The summed E-state index contributed by atoms with van der Waals surface area (Å²) in [6.07, 6.45) is 3.21. The summed E-state index contributed by atoms with van der Waals surface area (Å²) in [6, 6.07) is 7.28. The number of allylic oxidation sites excluding steroid dienone is 2. The number of amides is 1. The molecule has 2 aromatic rings. The van der Waals surface area contributed by atoms with Crippen LogP contribution in [0, 0.1) is 0 Å². The molecule has 1 amide bonds. The van der Waals surface area contributed by atoms with Crippen LogP contribution >= 0.6 is 0 Å². The summed E-state index contributed by atoms with van der Waals surface area (Å²) in [4.78, 5) is 48.7. The van der Waals surface area contributed by atoms with E-state index >= 15 is 0 Å². The molecule has 0 radical (unpaired) electrons. The first-order valence-corrected chi connectivity index (χ1v) is 9.15. The van der Waals surface area contributed by atoms with Crippen LogP contribution in [0.1, 0.15) is 45.7 Å². The smallest absolute Gasteiger partial charge is 0.332 e. The summed E-state index contributed by atoms with van der Waals surface area (Å²) in [6.45, 7) is 3.32. The fraction of sp³-hybridized carbons (Fsp3) is 0.273. The Morgan fingerprint density at radius 2 is 1.46 bits per heavy atom. The molecule has 2 aromatic carbocycles. The normalized spacial score (nSPS) is 16.6. The van der Waals surface area contributed by atoms with Crippen molar-refractivity contribution in [3.05, 3.63) is 58.7 Å². The molecule has 0 bridgehead atoms. The zero-order valence-electron chi connectivity index (χ0n) is 15.6. The first-order valence-electron chi connectivity index (χ1n) is 9.15. The molecule has 2 aliphatic carbocycles. The van der Waals surface area contributed by atoms with E-state index in [0.29, 0.717) is 24.0 Å². The van der Waals surface area contributed by atoms with Crippen molar-refractivity contribution < 1.29 is 23.9 Å². The van der Waals surface area contributed by atoms with Gasteiger partial charge in [-0.25, -0.2) is 4.79 Å². The molecular weight excluding hydrogens is 358 g/mol. The molecule has 2 aliphatic rings. The summed E-state index contributed by atoms with van der Waals surface area (Å²) >= 11 is 0. The van der Waals surface area contributed by atoms with Gasteiger partial charge in [-0.05, 0) is 53.1 Å². The van der Waals surface area contributed by atoms with Crippen LogP contribution in [0.2, 0.25) is 0 Å². The second kappa shape index (κ2) is 6.41. The predicted molar refractivity (Wildman–Crippen MR) is 102 cm³/mol. The molecule has 0 aliphatic heterocycles. The van der Waals surface area contributed by atoms with Gasteiger partial charge >= 0.3 is 5.97 Å². The largest absolute Gasteiger partial charge is 0.464 e. The standard InChI is InChI=1S/C22H19NO5/c1-3-28-21(27)22(23-12(2)24)10-15-6-13-8-17-18(20(26)5-4-19(17)25)9-14(13)7-16(15)11-22/h4-9H,3,10-11H2,1-2H3,(H,23,24). The molecule has 0 fully saturated rings. The van der Waals surface area contributed by atoms with Gasteiger partial charge in [-0.15, -0.1) is 0 Å². The average Bonchev–Trinajstić information content (AvgIpc) is 2.99. The van der Waals surface area contributed by atoms with Crippen molar-refractivity contribution in [2.75, 3.05) is 6.61 Å². The summed E-state index contributed by atoms with van der Waals surface area (Å²) in [5.41, 5.74) is 1.47. The van der Waals surface area contributed by atoms with E-state index in [9.17, 15) is 19.2 Å². The molecule has 0 atom stereocenters. The number of carbonyl (C=O) groups is 4. The number of ketones is 2. The second-order valence-electron chi connectivity index (χ2n) is 7.27. The first-order chi connectivity index (χ1) is 13.3. The number of carbonyl (C=O) groups excluding carboxylic acids is 4. The summed E-state index contributed by atoms with van der Waals surface area (Å²) in [7, 11) is 0. The Balaban J connectivity index is 1.81. The van der Waals surface area contributed by atoms with Crippen LogP contribution in [-0.4, -0.2) is 35.6 Å². The Morgan fingerprint density at radius 1 is 0.964 bits per heavy atom. The van der Waals surface area contributed by atoms with Gasteiger partial charge in [-0.2, -0.15) is 0 Å². The van der Waals surface area contributed by atoms with Crippen molar-refractivity contribution in [1.82, 2.24) is 5.32 Å². The Morgan fingerprint density at radius 3 is 1.89 bits per heavy atom. The Labute approximate surface area is 161 Å². The van der Waals surface area contributed by atoms with Gasteiger partial charge in [0.25, 0.3) is 0 Å². The van der Waals surface area contributed by atoms with Crippen LogP contribution < -0.4 is 5.32 Å². The van der Waals surface area contributed by atoms with Crippen LogP contribution in [0.5, 0.6) is 0 Å². The molecule has 4 rings (SSSR count). The van der Waals surface area contributed by atoms with E-state index in [1.165, 1.54) is 19.1 Å². The van der Waals surface area contributed by atoms with Gasteiger partial charge in [0.05, 0.1) is 6.61 Å². The molecule has 0 aromatic heterocycles. The number of benzene rings is 2. The van der Waals surface area contributed by atoms with Gasteiger partial charge in [0.1, 0.15) is 5.54 Å². The van der Waals surface area contributed by atoms with Gasteiger partial charge in [-0.3, -0.25) is 14.4 Å². The number of ether oxygens (including phenoxy) is 1. The molecule has 6 nitrogen and oxygen atoms in total. The number of esters is 1. The third-order valence-electron chi connectivity index (χ3n) is 5.28. The summed E-state index contributed by atoms with van der Waals surface area (Å²) < 4.78 is 5.22. The third kappa shape index (κ3) is 2.81. The molecule has 1 N–H and O–H groups in total. The van der Waals surface area contributed by atoms with E-state index in [0.717, 1.165) is 21.9 Å². The quantitative estimate of drug-likeness (QED) is 0.829. The van der Waals surface area contributed by atoms with E-state index in [4.69, 9.17) is 4.74 Å². The molecule has 28 heavy (non-hydrogen) atoms. The molecule has 6 heteroatoms. The monoisotopic (exact) mass is 377 g/mol. The number of rotatable bonds is 3. The minimum atomic E-state index is -1.13. The maximum absolute atomic E-state index is 12.6. The van der Waals surface area contributed by atoms with Crippen LogP contribution in [0.3, 0.4) is 0 Å². The van der Waals surface area contributed by atoms with Crippen LogP contribution in [0.4, 0.5) is 0 Å². The lowest BCUT2D eigenvalue weighted by Gasteiger charge is -2.27. The van der Waals surface area contributed by atoms with Gasteiger partial charge in [0.2, 0.25) is 5.91 Å². The van der Waals surface area contributed by atoms with Crippen LogP contribution in [-0.2, 0) is 27.2 Å². The lowest BCUT2D eigenvalue weighted by Crippen LogP contribution is -2.55. The lowest BCUT2D eigenvalue weighted by atomic mass is 9.90. The predicted octanol–water partition coefficient (Wildman–Crippen LogP) is 2.31. The minimum absolute atomic E-state index is 0.198. The molecular formula is C22H19NO5. The van der Waals surface area contributed by atoms with Crippen molar-refractivity contribution in [2.24, 2.45) is 0 Å². The maximum atomic E-state index is 12.6. The van der Waals surface area contributed by atoms with Crippen molar-refractivity contribution in [3.63, 3.8) is 0 Å². The maximum Gasteiger partial charge on any atom is 0.332 e. The molecule has 0 saturated heterocycles. The molecule has 0 unspecified atom stereocenters. The lowest BCUT2D eigenvalue weighted by molar-refractivity contribution is -0.152. The SMILES string of the molecule is CCOC(=O)C1(NC(C)=O)Cc2cc3cc4c(cc3cc2C1)C(=O)C=CC4=O. The topological polar surface area (TPSA) is 89.5 Å². The van der Waals surface area contributed by atoms with E-state index in [1.807, 2.05) is 12.1 Å².